The second-order valence-corrected chi connectivity index (χ2v) is 10.4. The molecule has 1 aromatic carbocycles. The Hall–Kier alpha value is -0.320. The molecule has 19 heavy (non-hydrogen) atoms. The smallest absolute Gasteiger partial charge is 0.319 e. The van der Waals surface area contributed by atoms with E-state index >= 15 is 0 Å². The first-order chi connectivity index (χ1) is 8.58. The average molecular weight is 367 g/mol. The first-order valence-electron chi connectivity index (χ1n) is 4.59. The Balaban J connectivity index is 0.000000312. The minimum atomic E-state index is -3.22. The number of hydrogen-bond acceptors (Lipinski definition) is 3. The molecular weight excluding hydrogens is 362 g/mol. The van der Waals surface area contributed by atoms with Gasteiger partial charge in [0.05, 0.1) is 5.02 Å². The van der Waals surface area contributed by atoms with Crippen LogP contribution in [0.3, 0.4) is 0 Å². The summed E-state index contributed by atoms with van der Waals surface area (Å²) >= 11 is 19.4. The van der Waals surface area contributed by atoms with Crippen molar-refractivity contribution in [2.24, 2.45) is 0 Å². The zero-order valence-electron chi connectivity index (χ0n) is 8.92. The molecule has 1 aliphatic rings. The van der Waals surface area contributed by atoms with Gasteiger partial charge in [0.1, 0.15) is 5.82 Å². The van der Waals surface area contributed by atoms with E-state index in [0.717, 1.165) is 6.07 Å². The standard InChI is InChI=1S/C9H5ClFNO2.Cl3OP/c10-5-1-4-2-8(13)9(14)12-7(4)3-6(5)11;1-5(2,3)4/h1,3H,2H2,(H,12,14);. The molecule has 0 aromatic heterocycles. The van der Waals surface area contributed by atoms with Crippen molar-refractivity contribution in [3.05, 3.63) is 28.5 Å². The van der Waals surface area contributed by atoms with Gasteiger partial charge < -0.3 is 5.32 Å². The summed E-state index contributed by atoms with van der Waals surface area (Å²) in [5.41, 5.74) is 0.859. The lowest BCUT2D eigenvalue weighted by molar-refractivity contribution is -0.134. The van der Waals surface area contributed by atoms with E-state index in [-0.39, 0.29) is 11.4 Å². The second kappa shape index (κ2) is 6.42. The summed E-state index contributed by atoms with van der Waals surface area (Å²) in [7, 11) is 0. The van der Waals surface area contributed by atoms with Gasteiger partial charge in [-0.3, -0.25) is 14.2 Å². The Morgan fingerprint density at radius 2 is 1.74 bits per heavy atom. The Morgan fingerprint density at radius 3 is 2.26 bits per heavy atom. The summed E-state index contributed by atoms with van der Waals surface area (Å²) in [5, 5.41) is -0.980. The van der Waals surface area contributed by atoms with E-state index in [9.17, 15) is 18.5 Å². The van der Waals surface area contributed by atoms with Crippen LogP contribution in [0.4, 0.5) is 10.1 Å². The molecule has 10 heteroatoms. The van der Waals surface area contributed by atoms with Crippen molar-refractivity contribution < 1.29 is 18.5 Å². The largest absolute Gasteiger partial charge is 0.339 e. The topological polar surface area (TPSA) is 63.2 Å². The predicted octanol–water partition coefficient (Wildman–Crippen LogP) is 4.35. The highest BCUT2D eigenvalue weighted by Crippen LogP contribution is 2.61. The molecular formula is C9H5Cl4FNO3P. The molecule has 104 valence electrons. The van der Waals surface area contributed by atoms with Crippen molar-refractivity contribution >= 4 is 67.9 Å². The number of carbonyl (C=O) groups is 2. The minimum Gasteiger partial charge on any atom is -0.319 e. The zero-order chi connectivity index (χ0) is 14.8. The first kappa shape index (κ1) is 16.7. The number of nitrogens with one attached hydrogen (secondary N) is 1. The van der Waals surface area contributed by atoms with E-state index in [1.807, 2.05) is 0 Å². The number of amides is 1. The van der Waals surface area contributed by atoms with Crippen molar-refractivity contribution in [2.75, 3.05) is 5.32 Å². The lowest BCUT2D eigenvalue weighted by Gasteiger charge is -2.15. The van der Waals surface area contributed by atoms with Gasteiger partial charge in [-0.15, -0.1) is 0 Å². The van der Waals surface area contributed by atoms with Crippen molar-refractivity contribution in [1.82, 2.24) is 0 Å². The molecule has 1 heterocycles. The molecule has 0 aliphatic carbocycles. The Labute approximate surface area is 126 Å². The summed E-state index contributed by atoms with van der Waals surface area (Å²) in [6.07, 6.45) is -0.0266. The van der Waals surface area contributed by atoms with Gasteiger partial charge >= 0.3 is 5.20 Å². The molecule has 0 bridgehead atoms. The molecule has 1 aromatic rings. The maximum Gasteiger partial charge on any atom is 0.339 e. The maximum atomic E-state index is 13.0. The molecule has 2 rings (SSSR count). The fraction of sp³-hybridized carbons (Fsp3) is 0.111. The van der Waals surface area contributed by atoms with Crippen LogP contribution in [0, 0.1) is 5.82 Å². The highest BCUT2D eigenvalue weighted by molar-refractivity contribution is 8.24. The van der Waals surface area contributed by atoms with E-state index < -0.39 is 22.7 Å². The zero-order valence-corrected chi connectivity index (χ0v) is 12.8. The van der Waals surface area contributed by atoms with Crippen LogP contribution >= 0.6 is 50.5 Å². The molecule has 0 atom stereocenters. The minimum absolute atomic E-state index is 0.0266. The van der Waals surface area contributed by atoms with Gasteiger partial charge in [0.2, 0.25) is 5.78 Å². The summed E-state index contributed by atoms with van der Waals surface area (Å²) in [6, 6.07) is 2.46. The van der Waals surface area contributed by atoms with Crippen LogP contribution in [0.15, 0.2) is 12.1 Å². The number of hydrogen-bond donors (Lipinski definition) is 1. The number of carbonyl (C=O) groups excluding carboxylic acids is 2. The van der Waals surface area contributed by atoms with Crippen LogP contribution in [0.25, 0.3) is 0 Å². The highest BCUT2D eigenvalue weighted by Gasteiger charge is 2.24. The molecule has 0 saturated carbocycles. The molecule has 4 nitrogen and oxygen atoms in total. The molecule has 1 aliphatic heterocycles. The van der Waals surface area contributed by atoms with Crippen molar-refractivity contribution in [1.29, 1.82) is 0 Å². The van der Waals surface area contributed by atoms with Gasteiger partial charge in [0, 0.05) is 12.1 Å². The number of ketones is 1. The summed E-state index contributed by atoms with van der Waals surface area (Å²) in [5.74, 6) is -1.86. The number of fused-ring (bicyclic) bond motifs is 1. The second-order valence-electron chi connectivity index (χ2n) is 3.38. The Kier molecular flexibility index (Phi) is 5.65. The number of benzene rings is 1. The van der Waals surface area contributed by atoms with Gasteiger partial charge in [-0.2, -0.15) is 0 Å². The van der Waals surface area contributed by atoms with Gasteiger partial charge in [0.25, 0.3) is 5.91 Å². The van der Waals surface area contributed by atoms with Crippen LogP contribution < -0.4 is 5.32 Å². The average Bonchev–Trinajstić information content (AvgIpc) is 2.21. The quantitative estimate of drug-likeness (QED) is 0.548. The van der Waals surface area contributed by atoms with E-state index in [1.165, 1.54) is 6.07 Å². The number of halogens is 5. The SMILES string of the molecule is O=C1Cc2cc(Cl)c(F)cc2NC1=O.O=P(Cl)(Cl)Cl. The molecule has 0 spiro atoms. The van der Waals surface area contributed by atoms with Crippen LogP contribution in [-0.2, 0) is 20.6 Å². The molecule has 0 unspecified atom stereocenters. The first-order valence-corrected chi connectivity index (χ1v) is 9.39. The van der Waals surface area contributed by atoms with Crippen LogP contribution in [0.2, 0.25) is 5.02 Å². The molecule has 0 saturated heterocycles. The van der Waals surface area contributed by atoms with Crippen LogP contribution in [0.1, 0.15) is 5.56 Å². The lowest BCUT2D eigenvalue weighted by atomic mass is 10.0. The third-order valence-corrected chi connectivity index (χ3v) is 2.29. The van der Waals surface area contributed by atoms with Crippen molar-refractivity contribution in [3.8, 4) is 0 Å². The number of Topliss-reactive ketones (excluding diaryl/α,β-unsaturated/α-hetero) is 1. The lowest BCUT2D eigenvalue weighted by Crippen LogP contribution is -2.29. The van der Waals surface area contributed by atoms with Crippen molar-refractivity contribution in [2.45, 2.75) is 6.42 Å². The fourth-order valence-electron chi connectivity index (χ4n) is 1.30. The van der Waals surface area contributed by atoms with Crippen LogP contribution in [0.5, 0.6) is 0 Å². The Morgan fingerprint density at radius 1 is 1.21 bits per heavy atom. The molecule has 1 amide bonds. The summed E-state index contributed by atoms with van der Waals surface area (Å²) in [6.45, 7) is 0. The third-order valence-electron chi connectivity index (χ3n) is 2.00. The van der Waals surface area contributed by atoms with E-state index in [0.29, 0.717) is 11.3 Å². The van der Waals surface area contributed by atoms with Gasteiger partial charge in [-0.1, -0.05) is 11.6 Å². The van der Waals surface area contributed by atoms with Crippen molar-refractivity contribution in [3.63, 3.8) is 0 Å². The molecule has 1 N–H and O–H groups in total. The Bertz CT molecular complexity index is 540. The summed E-state index contributed by atoms with van der Waals surface area (Å²) in [4.78, 5) is 21.9. The van der Waals surface area contributed by atoms with Gasteiger partial charge in [-0.25, -0.2) is 4.39 Å². The molecule has 0 fully saturated rings. The summed E-state index contributed by atoms with van der Waals surface area (Å²) < 4.78 is 22.5. The molecule has 0 radical (unpaired) electrons. The number of rotatable bonds is 0. The van der Waals surface area contributed by atoms with E-state index in [1.54, 1.807) is 0 Å². The van der Waals surface area contributed by atoms with E-state index in [2.05, 4.69) is 39.0 Å². The van der Waals surface area contributed by atoms with Crippen LogP contribution in [-0.4, -0.2) is 11.7 Å². The van der Waals surface area contributed by atoms with E-state index in [4.69, 9.17) is 11.6 Å². The third kappa shape index (κ3) is 5.67. The number of anilines is 1. The predicted molar refractivity (Wildman–Crippen MR) is 73.9 cm³/mol. The van der Waals surface area contributed by atoms with Gasteiger partial charge in [0.15, 0.2) is 0 Å². The maximum absolute atomic E-state index is 13.0. The highest BCUT2D eigenvalue weighted by atomic mass is 36.0. The monoisotopic (exact) mass is 365 g/mol. The normalized spacial score (nSPS) is 14.2. The van der Waals surface area contributed by atoms with Gasteiger partial charge in [-0.05, 0) is 51.4 Å². The fourth-order valence-corrected chi connectivity index (χ4v) is 1.48.